The number of nitrogens with one attached hydrogen (secondary N) is 2. The molecule has 1 aromatic heterocycles. The van der Waals surface area contributed by atoms with Gasteiger partial charge in [-0.25, -0.2) is 10.9 Å². The van der Waals surface area contributed by atoms with Crippen molar-refractivity contribution in [2.24, 2.45) is 5.10 Å². The van der Waals surface area contributed by atoms with Gasteiger partial charge in [0.1, 0.15) is 11.8 Å². The number of hydrazone groups is 1. The number of nitrogens with zero attached hydrogens (tertiary/aromatic N) is 2. The maximum Gasteiger partial charge on any atom is 0.264 e. The van der Waals surface area contributed by atoms with Gasteiger partial charge >= 0.3 is 0 Å². The first-order valence-electron chi connectivity index (χ1n) is 7.54. The van der Waals surface area contributed by atoms with Crippen LogP contribution in [0, 0.1) is 0 Å². The first-order chi connectivity index (χ1) is 11.7. The highest BCUT2D eigenvalue weighted by molar-refractivity contribution is 9.10. The molecule has 2 atom stereocenters. The van der Waals surface area contributed by atoms with Crippen LogP contribution in [0.4, 0.5) is 0 Å². The van der Waals surface area contributed by atoms with Gasteiger partial charge in [0.05, 0.1) is 12.3 Å². The van der Waals surface area contributed by atoms with Crippen LogP contribution in [0.3, 0.4) is 0 Å². The van der Waals surface area contributed by atoms with E-state index in [0.717, 1.165) is 21.2 Å². The number of carbonyl (C=O) groups excluding carboxylic acids is 1. The number of fused-ring (bicyclic) bond motifs is 1. The Kier molecular flexibility index (Phi) is 4.34. The van der Waals surface area contributed by atoms with Gasteiger partial charge < -0.3 is 4.42 Å². The molecule has 0 aliphatic carbocycles. The first kappa shape index (κ1) is 15.7. The van der Waals surface area contributed by atoms with E-state index in [9.17, 15) is 4.79 Å². The lowest BCUT2D eigenvalue weighted by Gasteiger charge is -2.29. The van der Waals surface area contributed by atoms with Crippen molar-refractivity contribution in [1.82, 2.24) is 15.9 Å². The van der Waals surface area contributed by atoms with Crippen LogP contribution < -0.4 is 10.9 Å². The molecule has 24 heavy (non-hydrogen) atoms. The van der Waals surface area contributed by atoms with E-state index in [0.29, 0.717) is 6.42 Å². The molecular formula is C16H15BrN4O2S. The lowest BCUT2D eigenvalue weighted by molar-refractivity contribution is -0.125. The topological polar surface area (TPSA) is 69.9 Å². The lowest BCUT2D eigenvalue weighted by atomic mass is 10.1. The minimum absolute atomic E-state index is 0.0227. The summed E-state index contributed by atoms with van der Waals surface area (Å²) in [6, 6.07) is 11.6. The molecule has 2 aliphatic rings. The van der Waals surface area contributed by atoms with Gasteiger partial charge in [0.2, 0.25) is 0 Å². The average Bonchev–Trinajstić information content (AvgIpc) is 3.24. The number of amidine groups is 1. The molecule has 3 heterocycles. The fraction of sp³-hybridized carbons (Fsp3) is 0.250. The maximum absolute atomic E-state index is 12.1. The average molecular weight is 407 g/mol. The van der Waals surface area contributed by atoms with Gasteiger partial charge in [0.25, 0.3) is 5.91 Å². The number of carbonyl (C=O) groups is 1. The minimum atomic E-state index is -0.275. The summed E-state index contributed by atoms with van der Waals surface area (Å²) in [5.41, 5.74) is 7.15. The third kappa shape index (κ3) is 3.09. The van der Waals surface area contributed by atoms with Crippen molar-refractivity contribution in [2.75, 3.05) is 0 Å². The molecule has 4 rings (SSSR count). The molecule has 6 nitrogen and oxygen atoms in total. The minimum Gasteiger partial charge on any atom is -0.468 e. The molecule has 1 aromatic carbocycles. The fourth-order valence-corrected chi connectivity index (χ4v) is 4.18. The summed E-state index contributed by atoms with van der Waals surface area (Å²) >= 11 is 5.07. The van der Waals surface area contributed by atoms with Crippen LogP contribution in [-0.4, -0.2) is 22.1 Å². The van der Waals surface area contributed by atoms with Gasteiger partial charge in [-0.05, 0) is 29.8 Å². The monoisotopic (exact) mass is 406 g/mol. The van der Waals surface area contributed by atoms with Crippen molar-refractivity contribution in [3.05, 3.63) is 58.5 Å². The highest BCUT2D eigenvalue weighted by Crippen LogP contribution is 2.32. The van der Waals surface area contributed by atoms with E-state index >= 15 is 0 Å². The van der Waals surface area contributed by atoms with Gasteiger partial charge in [-0.3, -0.25) is 9.80 Å². The van der Waals surface area contributed by atoms with Crippen molar-refractivity contribution >= 4 is 38.8 Å². The zero-order chi connectivity index (χ0) is 16.5. The van der Waals surface area contributed by atoms with E-state index in [2.05, 4.69) is 44.0 Å². The number of furan rings is 1. The highest BCUT2D eigenvalue weighted by atomic mass is 79.9. The quantitative estimate of drug-likeness (QED) is 0.819. The number of thioether (sulfide) groups is 1. The van der Waals surface area contributed by atoms with Crippen molar-refractivity contribution in [1.29, 1.82) is 0 Å². The lowest BCUT2D eigenvalue weighted by Crippen LogP contribution is -2.52. The smallest absolute Gasteiger partial charge is 0.264 e. The number of hydrazine groups is 1. The molecule has 124 valence electrons. The SMILES string of the molecule is O=C1NN=C(SCc2cccc(Br)c2)N2NC(c3ccco3)CC12. The summed E-state index contributed by atoms with van der Waals surface area (Å²) in [5.74, 6) is 1.50. The number of halogens is 1. The Morgan fingerprint density at radius 3 is 3.08 bits per heavy atom. The summed E-state index contributed by atoms with van der Waals surface area (Å²) < 4.78 is 6.51. The number of hydrogen-bond donors (Lipinski definition) is 2. The van der Waals surface area contributed by atoms with E-state index < -0.39 is 0 Å². The van der Waals surface area contributed by atoms with E-state index in [1.165, 1.54) is 5.56 Å². The summed E-state index contributed by atoms with van der Waals surface area (Å²) in [5, 5.41) is 6.82. The Morgan fingerprint density at radius 2 is 2.29 bits per heavy atom. The summed E-state index contributed by atoms with van der Waals surface area (Å²) in [4.78, 5) is 12.1. The standard InChI is InChI=1S/C16H15BrN4O2S/c17-11-4-1-3-10(7-11)9-24-16-19-18-15(22)13-8-12(20-21(13)16)14-5-2-6-23-14/h1-7,12-13,20H,8-9H2,(H,18,22). The molecule has 0 bridgehead atoms. The molecule has 2 aliphatic heterocycles. The Hall–Kier alpha value is -1.77. The third-order valence-corrected chi connectivity index (χ3v) is 5.50. The number of benzene rings is 1. The van der Waals surface area contributed by atoms with Gasteiger partial charge in [-0.1, -0.05) is 39.8 Å². The van der Waals surface area contributed by atoms with Gasteiger partial charge in [0, 0.05) is 16.6 Å². The summed E-state index contributed by atoms with van der Waals surface area (Å²) in [7, 11) is 0. The van der Waals surface area contributed by atoms with Crippen LogP contribution >= 0.6 is 27.7 Å². The highest BCUT2D eigenvalue weighted by Gasteiger charge is 2.42. The Balaban J connectivity index is 1.48. The van der Waals surface area contributed by atoms with Crippen LogP contribution in [0.1, 0.15) is 23.8 Å². The zero-order valence-corrected chi connectivity index (χ0v) is 15.0. The number of rotatable bonds is 3. The van der Waals surface area contributed by atoms with Crippen molar-refractivity contribution in [3.8, 4) is 0 Å². The number of hydrogen-bond acceptors (Lipinski definition) is 6. The van der Waals surface area contributed by atoms with Crippen LogP contribution in [0.2, 0.25) is 0 Å². The summed E-state index contributed by atoms with van der Waals surface area (Å²) in [6.07, 6.45) is 2.29. The van der Waals surface area contributed by atoms with E-state index in [4.69, 9.17) is 4.42 Å². The van der Waals surface area contributed by atoms with E-state index in [1.54, 1.807) is 18.0 Å². The first-order valence-corrected chi connectivity index (χ1v) is 9.32. The second-order valence-electron chi connectivity index (χ2n) is 5.61. The van der Waals surface area contributed by atoms with Crippen LogP contribution in [0.25, 0.3) is 0 Å². The molecule has 2 aromatic rings. The predicted molar refractivity (Wildman–Crippen MR) is 95.8 cm³/mol. The van der Waals surface area contributed by atoms with Crippen LogP contribution in [-0.2, 0) is 10.5 Å². The zero-order valence-electron chi connectivity index (χ0n) is 12.6. The van der Waals surface area contributed by atoms with E-state index in [1.807, 2.05) is 29.3 Å². The van der Waals surface area contributed by atoms with Crippen LogP contribution in [0.15, 0.2) is 56.7 Å². The van der Waals surface area contributed by atoms with Gasteiger partial charge in [0.15, 0.2) is 5.17 Å². The predicted octanol–water partition coefficient (Wildman–Crippen LogP) is 3.00. The fourth-order valence-electron chi connectivity index (χ4n) is 2.83. The molecule has 1 fully saturated rings. The molecule has 8 heteroatoms. The van der Waals surface area contributed by atoms with E-state index in [-0.39, 0.29) is 18.0 Å². The molecule has 2 N–H and O–H groups in total. The Labute approximate surface area is 151 Å². The molecular weight excluding hydrogens is 392 g/mol. The van der Waals surface area contributed by atoms with Gasteiger partial charge in [-0.2, -0.15) is 0 Å². The number of amides is 1. The molecule has 0 saturated carbocycles. The second-order valence-corrected chi connectivity index (χ2v) is 7.47. The normalized spacial score (nSPS) is 23.0. The van der Waals surface area contributed by atoms with Crippen molar-refractivity contribution in [2.45, 2.75) is 24.3 Å². The second kappa shape index (κ2) is 6.62. The molecule has 0 spiro atoms. The third-order valence-electron chi connectivity index (χ3n) is 3.98. The molecule has 1 amide bonds. The Bertz CT molecular complexity index is 780. The van der Waals surface area contributed by atoms with Gasteiger partial charge in [-0.15, -0.1) is 5.10 Å². The molecule has 1 saturated heterocycles. The largest absolute Gasteiger partial charge is 0.468 e. The Morgan fingerprint density at radius 1 is 1.38 bits per heavy atom. The van der Waals surface area contributed by atoms with Crippen molar-refractivity contribution in [3.63, 3.8) is 0 Å². The van der Waals surface area contributed by atoms with Crippen molar-refractivity contribution < 1.29 is 9.21 Å². The van der Waals surface area contributed by atoms with Crippen LogP contribution in [0.5, 0.6) is 0 Å². The molecule has 2 unspecified atom stereocenters. The summed E-state index contributed by atoms with van der Waals surface area (Å²) in [6.45, 7) is 0. The maximum atomic E-state index is 12.1. The molecule has 0 radical (unpaired) electrons.